The summed E-state index contributed by atoms with van der Waals surface area (Å²) in [6.07, 6.45) is -1.58. The first kappa shape index (κ1) is 25.7. The first-order valence-corrected chi connectivity index (χ1v) is 13.9. The summed E-state index contributed by atoms with van der Waals surface area (Å²) >= 11 is 0. The molecule has 6 nitrogen and oxygen atoms in total. The maximum Gasteiger partial charge on any atom is 0.313 e. The fourth-order valence-corrected chi connectivity index (χ4v) is 4.67. The summed E-state index contributed by atoms with van der Waals surface area (Å²) in [5.74, 6) is -1.60. The van der Waals surface area contributed by atoms with Gasteiger partial charge in [0.1, 0.15) is 18.3 Å². The molecule has 1 heterocycles. The van der Waals surface area contributed by atoms with E-state index in [0.717, 1.165) is 5.56 Å². The summed E-state index contributed by atoms with van der Waals surface area (Å²) in [6.45, 7) is 16.6. The van der Waals surface area contributed by atoms with Gasteiger partial charge in [-0.15, -0.1) is 0 Å². The quantitative estimate of drug-likeness (QED) is 0.293. The van der Waals surface area contributed by atoms with E-state index in [1.165, 1.54) is 0 Å². The zero-order chi connectivity index (χ0) is 23.4. The van der Waals surface area contributed by atoms with Gasteiger partial charge < -0.3 is 18.6 Å². The van der Waals surface area contributed by atoms with Crippen molar-refractivity contribution in [2.45, 2.75) is 96.6 Å². The van der Waals surface area contributed by atoms with Gasteiger partial charge in [0.05, 0.1) is 18.8 Å². The van der Waals surface area contributed by atoms with Crippen molar-refractivity contribution in [2.75, 3.05) is 6.61 Å². The molecule has 0 spiro atoms. The standard InChI is InChI=1S/C24H38O6Si/c1-9-27-20(26)16-18(25)15-19-22(29-24(5,6)28-19)21(17-13-11-10-12-14-17)30-31(7,8)23(2,3)4/h10-14,19,21-22H,9,15-16H2,1-8H3/t19-,21-,22+/m1/s1. The van der Waals surface area contributed by atoms with Crippen LogP contribution in [-0.4, -0.2) is 44.7 Å². The summed E-state index contributed by atoms with van der Waals surface area (Å²) in [7, 11) is -2.17. The monoisotopic (exact) mass is 450 g/mol. The number of carbonyl (C=O) groups excluding carboxylic acids is 2. The molecule has 7 heteroatoms. The van der Waals surface area contributed by atoms with Crippen LogP contribution in [0.3, 0.4) is 0 Å². The average Bonchev–Trinajstić information content (AvgIpc) is 2.93. The summed E-state index contributed by atoms with van der Waals surface area (Å²) in [5.41, 5.74) is 0.987. The topological polar surface area (TPSA) is 71.1 Å². The molecular weight excluding hydrogens is 412 g/mol. The molecule has 1 aromatic carbocycles. The van der Waals surface area contributed by atoms with Gasteiger partial charge in [-0.05, 0) is 44.5 Å². The predicted octanol–water partition coefficient (Wildman–Crippen LogP) is 5.18. The second-order valence-corrected chi connectivity index (χ2v) is 14.8. The van der Waals surface area contributed by atoms with Crippen molar-refractivity contribution < 1.29 is 28.2 Å². The Bertz CT molecular complexity index is 753. The smallest absolute Gasteiger partial charge is 0.313 e. The van der Waals surface area contributed by atoms with E-state index in [9.17, 15) is 9.59 Å². The van der Waals surface area contributed by atoms with Crippen LogP contribution in [0.5, 0.6) is 0 Å². The van der Waals surface area contributed by atoms with Crippen molar-refractivity contribution in [3.8, 4) is 0 Å². The van der Waals surface area contributed by atoms with Gasteiger partial charge in [-0.1, -0.05) is 51.1 Å². The second-order valence-electron chi connectivity index (χ2n) is 10.1. The zero-order valence-corrected chi connectivity index (χ0v) is 21.2. The molecular formula is C24H38O6Si. The number of ether oxygens (including phenoxy) is 3. The first-order chi connectivity index (χ1) is 14.3. The molecule has 0 unspecified atom stereocenters. The van der Waals surface area contributed by atoms with E-state index >= 15 is 0 Å². The lowest BCUT2D eigenvalue weighted by atomic mass is 9.97. The van der Waals surface area contributed by atoms with E-state index < -0.39 is 32.3 Å². The van der Waals surface area contributed by atoms with Crippen molar-refractivity contribution in [1.82, 2.24) is 0 Å². The minimum Gasteiger partial charge on any atom is -0.466 e. The molecule has 1 aliphatic heterocycles. The zero-order valence-electron chi connectivity index (χ0n) is 20.2. The fraction of sp³-hybridized carbons (Fsp3) is 0.667. The van der Waals surface area contributed by atoms with E-state index in [2.05, 4.69) is 33.9 Å². The SMILES string of the molecule is CCOC(=O)CC(=O)C[C@H]1OC(C)(C)O[C@@H]1[C@H](O[Si](C)(C)C(C)(C)C)c1ccccc1. The van der Waals surface area contributed by atoms with Gasteiger partial charge in [0.25, 0.3) is 0 Å². The van der Waals surface area contributed by atoms with Crippen LogP contribution in [0.1, 0.15) is 66.1 Å². The van der Waals surface area contributed by atoms with Gasteiger partial charge in [0, 0.05) is 6.42 Å². The van der Waals surface area contributed by atoms with Crippen molar-refractivity contribution >= 4 is 20.1 Å². The van der Waals surface area contributed by atoms with Crippen molar-refractivity contribution in [2.24, 2.45) is 0 Å². The van der Waals surface area contributed by atoms with E-state index in [1.54, 1.807) is 6.92 Å². The molecule has 0 N–H and O–H groups in total. The minimum absolute atomic E-state index is 0.00420. The highest BCUT2D eigenvalue weighted by molar-refractivity contribution is 6.74. The number of hydrogen-bond acceptors (Lipinski definition) is 6. The molecule has 1 saturated heterocycles. The lowest BCUT2D eigenvalue weighted by Crippen LogP contribution is -2.45. The summed E-state index contributed by atoms with van der Waals surface area (Å²) in [5, 5.41) is 0.00420. The number of hydrogen-bond donors (Lipinski definition) is 0. The Morgan fingerprint density at radius 3 is 2.29 bits per heavy atom. The third-order valence-corrected chi connectivity index (χ3v) is 10.4. The Morgan fingerprint density at radius 1 is 1.13 bits per heavy atom. The number of ketones is 1. The normalized spacial score (nSPS) is 22.2. The molecule has 174 valence electrons. The fourth-order valence-electron chi connectivity index (χ4n) is 3.41. The van der Waals surface area contributed by atoms with E-state index in [0.29, 0.717) is 0 Å². The number of rotatable bonds is 9. The van der Waals surface area contributed by atoms with Crippen LogP contribution in [0, 0.1) is 0 Å². The second kappa shape index (κ2) is 9.94. The van der Waals surface area contributed by atoms with Gasteiger partial charge in [-0.2, -0.15) is 0 Å². The molecule has 0 aromatic heterocycles. The van der Waals surface area contributed by atoms with E-state index in [-0.39, 0.29) is 36.4 Å². The Balaban J connectivity index is 2.33. The van der Waals surface area contributed by atoms with Crippen LogP contribution in [-0.2, 0) is 28.2 Å². The molecule has 1 fully saturated rings. The largest absolute Gasteiger partial charge is 0.466 e. The highest BCUT2D eigenvalue weighted by Gasteiger charge is 2.49. The van der Waals surface area contributed by atoms with Gasteiger partial charge >= 0.3 is 5.97 Å². The molecule has 0 bridgehead atoms. The highest BCUT2D eigenvalue weighted by Crippen LogP contribution is 2.44. The first-order valence-electron chi connectivity index (χ1n) is 11.0. The maximum absolute atomic E-state index is 12.6. The molecule has 1 aliphatic rings. The Kier molecular flexibility index (Phi) is 8.25. The number of esters is 1. The Morgan fingerprint density at radius 2 is 1.74 bits per heavy atom. The molecule has 31 heavy (non-hydrogen) atoms. The van der Waals surface area contributed by atoms with Gasteiger partial charge in [0.15, 0.2) is 14.1 Å². The van der Waals surface area contributed by atoms with E-state index in [4.69, 9.17) is 18.6 Å². The number of Topliss-reactive ketones (excluding diaryl/α,β-unsaturated/α-hetero) is 1. The van der Waals surface area contributed by atoms with Crippen molar-refractivity contribution in [3.63, 3.8) is 0 Å². The number of benzene rings is 1. The van der Waals surface area contributed by atoms with Crippen LogP contribution in [0.2, 0.25) is 18.1 Å². The minimum atomic E-state index is -2.17. The molecule has 2 rings (SSSR count). The number of carbonyl (C=O) groups is 2. The van der Waals surface area contributed by atoms with Gasteiger partial charge in [-0.3, -0.25) is 9.59 Å². The van der Waals surface area contributed by atoms with Crippen LogP contribution < -0.4 is 0 Å². The van der Waals surface area contributed by atoms with Crippen LogP contribution in [0.4, 0.5) is 0 Å². The third-order valence-electron chi connectivity index (χ3n) is 5.95. The third kappa shape index (κ3) is 6.97. The summed E-state index contributed by atoms with van der Waals surface area (Å²) in [4.78, 5) is 24.3. The summed E-state index contributed by atoms with van der Waals surface area (Å²) in [6, 6.07) is 9.94. The van der Waals surface area contributed by atoms with Crippen LogP contribution in [0.15, 0.2) is 30.3 Å². The van der Waals surface area contributed by atoms with Crippen LogP contribution in [0.25, 0.3) is 0 Å². The predicted molar refractivity (Wildman–Crippen MR) is 122 cm³/mol. The molecule has 3 atom stereocenters. The molecule has 1 aromatic rings. The highest BCUT2D eigenvalue weighted by atomic mass is 28.4. The van der Waals surface area contributed by atoms with Crippen LogP contribution >= 0.6 is 0 Å². The lowest BCUT2D eigenvalue weighted by molar-refractivity contribution is -0.155. The van der Waals surface area contributed by atoms with Crippen molar-refractivity contribution in [1.29, 1.82) is 0 Å². The summed E-state index contributed by atoms with van der Waals surface area (Å²) < 4.78 is 24.2. The average molecular weight is 451 g/mol. The lowest BCUT2D eigenvalue weighted by Gasteiger charge is -2.41. The molecule has 0 saturated carbocycles. The maximum atomic E-state index is 12.6. The molecule has 0 aliphatic carbocycles. The Hall–Kier alpha value is -1.54. The van der Waals surface area contributed by atoms with E-state index in [1.807, 2.05) is 44.2 Å². The molecule has 0 radical (unpaired) electrons. The Labute approximate surface area is 187 Å². The van der Waals surface area contributed by atoms with Gasteiger partial charge in [0.2, 0.25) is 0 Å². The molecule has 0 amide bonds. The van der Waals surface area contributed by atoms with Crippen molar-refractivity contribution in [3.05, 3.63) is 35.9 Å². The van der Waals surface area contributed by atoms with Gasteiger partial charge in [-0.25, -0.2) is 0 Å².